The summed E-state index contributed by atoms with van der Waals surface area (Å²) >= 11 is 0. The number of aliphatic hydroxyl groups excluding tert-OH is 3. The smallest absolute Gasteiger partial charge is 0.184 e. The quantitative estimate of drug-likeness (QED) is 0.718. The number of rotatable bonds is 3. The van der Waals surface area contributed by atoms with Gasteiger partial charge >= 0.3 is 0 Å². The molecular formula is C13H18O5. The van der Waals surface area contributed by atoms with Crippen LogP contribution in [-0.2, 0) is 9.47 Å². The van der Waals surface area contributed by atoms with Crippen molar-refractivity contribution in [3.05, 3.63) is 35.9 Å². The normalized spacial score (nSPS) is 31.9. The van der Waals surface area contributed by atoms with Gasteiger partial charge < -0.3 is 24.8 Å². The molecule has 0 bridgehead atoms. The van der Waals surface area contributed by atoms with Crippen molar-refractivity contribution in [2.75, 3.05) is 6.61 Å². The molecule has 3 N–H and O–H groups in total. The summed E-state index contributed by atoms with van der Waals surface area (Å²) in [6, 6.07) is 9.27. The number of ether oxygens (including phenoxy) is 2. The second kappa shape index (κ2) is 5.77. The maximum Gasteiger partial charge on any atom is 0.184 e. The van der Waals surface area contributed by atoms with Crippen LogP contribution in [0.1, 0.15) is 18.8 Å². The molecule has 5 nitrogen and oxygen atoms in total. The van der Waals surface area contributed by atoms with E-state index in [1.54, 1.807) is 0 Å². The second-order valence-corrected chi connectivity index (χ2v) is 4.48. The lowest BCUT2D eigenvalue weighted by Crippen LogP contribution is -2.50. The van der Waals surface area contributed by atoms with E-state index in [1.165, 1.54) is 6.92 Å². The van der Waals surface area contributed by atoms with E-state index >= 15 is 0 Å². The van der Waals surface area contributed by atoms with Gasteiger partial charge in [0.05, 0.1) is 12.7 Å². The van der Waals surface area contributed by atoms with Crippen LogP contribution in [0.2, 0.25) is 0 Å². The lowest BCUT2D eigenvalue weighted by molar-refractivity contribution is -0.282. The summed E-state index contributed by atoms with van der Waals surface area (Å²) in [7, 11) is 0. The van der Waals surface area contributed by atoms with E-state index in [0.717, 1.165) is 5.56 Å². The van der Waals surface area contributed by atoms with E-state index in [2.05, 4.69) is 0 Å². The van der Waals surface area contributed by atoms with Crippen molar-refractivity contribution in [2.45, 2.75) is 37.6 Å². The minimum atomic E-state index is -1.14. The van der Waals surface area contributed by atoms with E-state index in [4.69, 9.17) is 9.47 Å². The van der Waals surface area contributed by atoms with Crippen LogP contribution in [0.5, 0.6) is 0 Å². The minimum Gasteiger partial charge on any atom is -0.391 e. The van der Waals surface area contributed by atoms with Crippen molar-refractivity contribution < 1.29 is 24.8 Å². The molecule has 5 heteroatoms. The van der Waals surface area contributed by atoms with Gasteiger partial charge in [-0.2, -0.15) is 0 Å². The highest BCUT2D eigenvalue weighted by Gasteiger charge is 2.38. The molecule has 2 rings (SSSR count). The molecule has 0 saturated carbocycles. The van der Waals surface area contributed by atoms with E-state index in [9.17, 15) is 15.3 Å². The first-order valence-electron chi connectivity index (χ1n) is 5.96. The molecule has 1 heterocycles. The van der Waals surface area contributed by atoms with Gasteiger partial charge in [-0.25, -0.2) is 0 Å². The van der Waals surface area contributed by atoms with Crippen molar-refractivity contribution in [1.82, 2.24) is 0 Å². The van der Waals surface area contributed by atoms with Crippen molar-refractivity contribution in [1.29, 1.82) is 0 Å². The van der Waals surface area contributed by atoms with Gasteiger partial charge in [0, 0.05) is 5.56 Å². The Kier molecular flexibility index (Phi) is 4.31. The van der Waals surface area contributed by atoms with Gasteiger partial charge in [-0.05, 0) is 6.92 Å². The molecule has 1 fully saturated rings. The highest BCUT2D eigenvalue weighted by molar-refractivity contribution is 5.16. The van der Waals surface area contributed by atoms with Crippen LogP contribution >= 0.6 is 0 Å². The molecule has 1 aromatic rings. The Bertz CT molecular complexity index is 367. The predicted octanol–water partition coefficient (Wildman–Crippen LogP) is 0.203. The maximum absolute atomic E-state index is 9.80. The number of hydrogen-bond acceptors (Lipinski definition) is 5. The zero-order chi connectivity index (χ0) is 13.1. The molecule has 5 unspecified atom stereocenters. The lowest BCUT2D eigenvalue weighted by atomic mass is 10.0. The monoisotopic (exact) mass is 254 g/mol. The summed E-state index contributed by atoms with van der Waals surface area (Å²) in [6.45, 7) is 1.52. The van der Waals surface area contributed by atoms with Crippen molar-refractivity contribution in [2.24, 2.45) is 0 Å². The molecule has 18 heavy (non-hydrogen) atoms. The van der Waals surface area contributed by atoms with Crippen molar-refractivity contribution >= 4 is 0 Å². The van der Waals surface area contributed by atoms with Crippen LogP contribution in [-0.4, -0.2) is 46.3 Å². The summed E-state index contributed by atoms with van der Waals surface area (Å²) < 4.78 is 10.9. The SMILES string of the molecule is CC(O)C(O)C1OC(c2ccccc2)OCC1O. The van der Waals surface area contributed by atoms with Gasteiger partial charge in [0.1, 0.15) is 18.3 Å². The molecule has 0 spiro atoms. The lowest BCUT2D eigenvalue weighted by Gasteiger charge is -2.37. The Morgan fingerprint density at radius 3 is 2.50 bits per heavy atom. The van der Waals surface area contributed by atoms with Gasteiger partial charge in [0.2, 0.25) is 0 Å². The molecule has 1 saturated heterocycles. The molecule has 0 amide bonds. The molecule has 1 aliphatic heterocycles. The van der Waals surface area contributed by atoms with Gasteiger partial charge in [0.15, 0.2) is 6.29 Å². The summed E-state index contributed by atoms with van der Waals surface area (Å²) in [4.78, 5) is 0. The Morgan fingerprint density at radius 2 is 1.89 bits per heavy atom. The Morgan fingerprint density at radius 1 is 1.22 bits per heavy atom. The first-order valence-corrected chi connectivity index (χ1v) is 5.96. The Hall–Kier alpha value is -0.980. The summed E-state index contributed by atoms with van der Waals surface area (Å²) in [6.07, 6.45) is -4.55. The van der Waals surface area contributed by atoms with Crippen molar-refractivity contribution in [3.63, 3.8) is 0 Å². The second-order valence-electron chi connectivity index (χ2n) is 4.48. The first-order chi connectivity index (χ1) is 8.59. The fraction of sp³-hybridized carbons (Fsp3) is 0.538. The zero-order valence-corrected chi connectivity index (χ0v) is 10.1. The predicted molar refractivity (Wildman–Crippen MR) is 63.7 cm³/mol. The summed E-state index contributed by atoms with van der Waals surface area (Å²) in [5, 5.41) is 28.9. The summed E-state index contributed by atoms with van der Waals surface area (Å²) in [5.74, 6) is 0. The fourth-order valence-electron chi connectivity index (χ4n) is 1.92. The molecule has 100 valence electrons. The van der Waals surface area contributed by atoms with Crippen LogP contribution in [0.25, 0.3) is 0 Å². The van der Waals surface area contributed by atoms with Gasteiger partial charge in [-0.1, -0.05) is 30.3 Å². The molecule has 0 aliphatic carbocycles. The molecular weight excluding hydrogens is 236 g/mol. The Labute approximate surface area is 106 Å². The van der Waals surface area contributed by atoms with Crippen LogP contribution in [0.3, 0.4) is 0 Å². The number of aliphatic hydroxyl groups is 3. The van der Waals surface area contributed by atoms with Crippen LogP contribution in [0, 0.1) is 0 Å². The van der Waals surface area contributed by atoms with E-state index < -0.39 is 30.7 Å². The van der Waals surface area contributed by atoms with Gasteiger partial charge in [-0.15, -0.1) is 0 Å². The fourth-order valence-corrected chi connectivity index (χ4v) is 1.92. The highest BCUT2D eigenvalue weighted by Crippen LogP contribution is 2.28. The maximum atomic E-state index is 9.80. The summed E-state index contributed by atoms with van der Waals surface area (Å²) in [5.41, 5.74) is 0.812. The first kappa shape index (κ1) is 13.5. The van der Waals surface area contributed by atoms with E-state index in [1.807, 2.05) is 30.3 Å². The minimum absolute atomic E-state index is 0.0635. The third-order valence-electron chi connectivity index (χ3n) is 2.98. The largest absolute Gasteiger partial charge is 0.391 e. The third-order valence-corrected chi connectivity index (χ3v) is 2.98. The number of benzene rings is 1. The van der Waals surface area contributed by atoms with E-state index in [0.29, 0.717) is 0 Å². The molecule has 0 aromatic heterocycles. The zero-order valence-electron chi connectivity index (χ0n) is 10.1. The average molecular weight is 254 g/mol. The van der Waals surface area contributed by atoms with Crippen molar-refractivity contribution in [3.8, 4) is 0 Å². The molecule has 1 aliphatic rings. The Balaban J connectivity index is 2.09. The average Bonchev–Trinajstić information content (AvgIpc) is 2.39. The molecule has 1 aromatic carbocycles. The molecule has 0 radical (unpaired) electrons. The standard InChI is InChI=1S/C13H18O5/c1-8(14)11(16)12-10(15)7-17-13(18-12)9-5-3-2-4-6-9/h2-6,8,10-16H,7H2,1H3. The number of hydrogen-bond donors (Lipinski definition) is 3. The van der Waals surface area contributed by atoms with Gasteiger partial charge in [0.25, 0.3) is 0 Å². The van der Waals surface area contributed by atoms with Crippen LogP contribution in [0.15, 0.2) is 30.3 Å². The third kappa shape index (κ3) is 2.88. The van der Waals surface area contributed by atoms with Gasteiger partial charge in [-0.3, -0.25) is 0 Å². The molecule has 5 atom stereocenters. The van der Waals surface area contributed by atoms with Crippen LogP contribution < -0.4 is 0 Å². The highest BCUT2D eigenvalue weighted by atomic mass is 16.7. The van der Waals surface area contributed by atoms with E-state index in [-0.39, 0.29) is 6.61 Å². The van der Waals surface area contributed by atoms with Crippen LogP contribution in [0.4, 0.5) is 0 Å². The topological polar surface area (TPSA) is 79.2 Å².